The number of alkyl halides is 1. The third kappa shape index (κ3) is 4.56. The van der Waals surface area contributed by atoms with Crippen molar-refractivity contribution in [2.75, 3.05) is 20.6 Å². The molecule has 1 amide bonds. The molecule has 1 N–H and O–H groups in total. The summed E-state index contributed by atoms with van der Waals surface area (Å²) in [6, 6.07) is 9.75. The van der Waals surface area contributed by atoms with E-state index in [2.05, 4.69) is 14.8 Å². The highest BCUT2D eigenvalue weighted by molar-refractivity contribution is 5.99. The molecule has 1 unspecified atom stereocenters. The number of nitrogens with zero attached hydrogens (tertiary/aromatic N) is 3. The molecule has 0 saturated heterocycles. The highest BCUT2D eigenvalue weighted by atomic mass is 19.1. The Morgan fingerprint density at radius 2 is 1.93 bits per heavy atom. The minimum atomic E-state index is -1.81. The van der Waals surface area contributed by atoms with Crippen LogP contribution >= 0.6 is 0 Å². The predicted molar refractivity (Wildman–Crippen MR) is 110 cm³/mol. The molecule has 1 aliphatic heterocycles. The predicted octanol–water partition coefficient (Wildman–Crippen LogP) is 3.07. The van der Waals surface area contributed by atoms with E-state index >= 15 is 0 Å². The number of fused-ring (bicyclic) bond motifs is 1. The SMILES string of the molecule is CNC(=O)C(CC(=O)c1nc(-c2ccccc2)n2c1CN(C)CCC2)C(C)(C)F. The number of carbonyl (C=O) groups is 2. The highest BCUT2D eigenvalue weighted by Gasteiger charge is 2.38. The number of nitrogens with one attached hydrogen (secondary N) is 1. The molecule has 0 radical (unpaired) electrons. The van der Waals surface area contributed by atoms with Crippen LogP contribution < -0.4 is 5.32 Å². The summed E-state index contributed by atoms with van der Waals surface area (Å²) in [5.74, 6) is -1.10. The first-order valence-electron chi connectivity index (χ1n) is 9.99. The average molecular weight is 400 g/mol. The standard InChI is InChI=1S/C22H29FN4O2/c1-22(2,23)16(21(29)24-3)13-18(28)19-17-14-26(4)11-8-12-27(17)20(25-19)15-9-6-5-7-10-15/h5-7,9-10,16H,8,11-14H2,1-4H3,(H,24,29). The molecular weight excluding hydrogens is 371 g/mol. The lowest BCUT2D eigenvalue weighted by Crippen LogP contribution is -2.40. The second kappa shape index (κ2) is 8.45. The quantitative estimate of drug-likeness (QED) is 0.757. The number of benzene rings is 1. The third-order valence-electron chi connectivity index (χ3n) is 5.49. The Labute approximate surface area is 171 Å². The zero-order valence-corrected chi connectivity index (χ0v) is 17.5. The van der Waals surface area contributed by atoms with Gasteiger partial charge in [0.1, 0.15) is 17.2 Å². The number of hydrogen-bond donors (Lipinski definition) is 1. The summed E-state index contributed by atoms with van der Waals surface area (Å²) in [5, 5.41) is 2.47. The van der Waals surface area contributed by atoms with E-state index in [4.69, 9.17) is 4.98 Å². The molecule has 2 heterocycles. The molecule has 1 aromatic carbocycles. The molecule has 3 rings (SSSR count). The number of Topliss-reactive ketones (excluding diaryl/α,β-unsaturated/α-hetero) is 1. The Balaban J connectivity index is 2.03. The molecule has 0 fully saturated rings. The van der Waals surface area contributed by atoms with Crippen molar-refractivity contribution in [3.05, 3.63) is 41.7 Å². The molecule has 29 heavy (non-hydrogen) atoms. The summed E-state index contributed by atoms with van der Waals surface area (Å²) in [6.07, 6.45) is 0.733. The smallest absolute Gasteiger partial charge is 0.226 e. The average Bonchev–Trinajstić information content (AvgIpc) is 2.92. The summed E-state index contributed by atoms with van der Waals surface area (Å²) in [6.45, 7) is 4.93. The lowest BCUT2D eigenvalue weighted by molar-refractivity contribution is -0.128. The third-order valence-corrected chi connectivity index (χ3v) is 5.49. The molecular formula is C22H29FN4O2. The van der Waals surface area contributed by atoms with E-state index in [-0.39, 0.29) is 12.2 Å². The summed E-state index contributed by atoms with van der Waals surface area (Å²) in [7, 11) is 3.47. The van der Waals surface area contributed by atoms with Crippen LogP contribution in [0.2, 0.25) is 0 Å². The van der Waals surface area contributed by atoms with Gasteiger partial charge in [-0.3, -0.25) is 9.59 Å². The molecule has 0 saturated carbocycles. The number of aromatic nitrogens is 2. The zero-order valence-electron chi connectivity index (χ0n) is 17.5. The van der Waals surface area contributed by atoms with Crippen LogP contribution in [0, 0.1) is 5.92 Å². The van der Waals surface area contributed by atoms with Crippen LogP contribution in [0.5, 0.6) is 0 Å². The van der Waals surface area contributed by atoms with Crippen LogP contribution in [0.3, 0.4) is 0 Å². The van der Waals surface area contributed by atoms with Crippen molar-refractivity contribution in [2.24, 2.45) is 5.92 Å². The van der Waals surface area contributed by atoms with Crippen molar-refractivity contribution in [1.82, 2.24) is 19.8 Å². The van der Waals surface area contributed by atoms with E-state index in [0.717, 1.165) is 36.6 Å². The molecule has 1 aromatic heterocycles. The fraction of sp³-hybridized carbons (Fsp3) is 0.500. The molecule has 2 aromatic rings. The number of halogens is 1. The van der Waals surface area contributed by atoms with Crippen molar-refractivity contribution in [3.63, 3.8) is 0 Å². The number of rotatable bonds is 6. The van der Waals surface area contributed by atoms with Crippen LogP contribution in [0.15, 0.2) is 30.3 Å². The van der Waals surface area contributed by atoms with Gasteiger partial charge >= 0.3 is 0 Å². The van der Waals surface area contributed by atoms with E-state index in [0.29, 0.717) is 12.2 Å². The first-order valence-corrected chi connectivity index (χ1v) is 9.99. The van der Waals surface area contributed by atoms with Crippen molar-refractivity contribution < 1.29 is 14.0 Å². The number of carbonyl (C=O) groups excluding carboxylic acids is 2. The maximum atomic E-state index is 14.7. The van der Waals surface area contributed by atoms with Gasteiger partial charge in [0, 0.05) is 32.1 Å². The maximum Gasteiger partial charge on any atom is 0.226 e. The molecule has 6 nitrogen and oxygen atoms in total. The van der Waals surface area contributed by atoms with Crippen LogP contribution in [0.1, 0.15) is 42.9 Å². The summed E-state index contributed by atoms with van der Waals surface area (Å²) < 4.78 is 16.8. The fourth-order valence-corrected chi connectivity index (χ4v) is 3.86. The summed E-state index contributed by atoms with van der Waals surface area (Å²) in [5.41, 5.74) is 0.300. The topological polar surface area (TPSA) is 67.2 Å². The van der Waals surface area contributed by atoms with Gasteiger partial charge in [-0.15, -0.1) is 0 Å². The Morgan fingerprint density at radius 1 is 1.24 bits per heavy atom. The number of hydrogen-bond acceptors (Lipinski definition) is 4. The Hall–Kier alpha value is -2.54. The number of ketones is 1. The molecule has 0 bridgehead atoms. The van der Waals surface area contributed by atoms with Gasteiger partial charge < -0.3 is 14.8 Å². The Morgan fingerprint density at radius 3 is 2.55 bits per heavy atom. The van der Waals surface area contributed by atoms with Gasteiger partial charge in [-0.05, 0) is 33.9 Å². The summed E-state index contributed by atoms with van der Waals surface area (Å²) >= 11 is 0. The largest absolute Gasteiger partial charge is 0.359 e. The Kier molecular flexibility index (Phi) is 6.17. The van der Waals surface area contributed by atoms with Gasteiger partial charge in [-0.1, -0.05) is 30.3 Å². The van der Waals surface area contributed by atoms with E-state index in [1.807, 2.05) is 37.4 Å². The lowest BCUT2D eigenvalue weighted by Gasteiger charge is -2.24. The van der Waals surface area contributed by atoms with Crippen LogP contribution in [-0.4, -0.2) is 52.5 Å². The van der Waals surface area contributed by atoms with E-state index < -0.39 is 17.5 Å². The fourth-order valence-electron chi connectivity index (χ4n) is 3.86. The van der Waals surface area contributed by atoms with Gasteiger partial charge in [0.2, 0.25) is 5.91 Å². The monoisotopic (exact) mass is 400 g/mol. The molecule has 7 heteroatoms. The summed E-state index contributed by atoms with van der Waals surface area (Å²) in [4.78, 5) is 32.3. The van der Waals surface area contributed by atoms with Crippen molar-refractivity contribution in [2.45, 2.75) is 45.4 Å². The number of imidazole rings is 1. The minimum absolute atomic E-state index is 0.217. The maximum absolute atomic E-state index is 14.7. The second-order valence-electron chi connectivity index (χ2n) is 8.20. The van der Waals surface area contributed by atoms with Crippen molar-refractivity contribution in [3.8, 4) is 11.4 Å². The van der Waals surface area contributed by atoms with Gasteiger partial charge in [0.15, 0.2) is 5.78 Å². The normalized spacial score (nSPS) is 16.0. The molecule has 1 aliphatic rings. The highest BCUT2D eigenvalue weighted by Crippen LogP contribution is 2.30. The van der Waals surface area contributed by atoms with E-state index in [1.54, 1.807) is 0 Å². The van der Waals surface area contributed by atoms with Crippen LogP contribution in [-0.2, 0) is 17.9 Å². The van der Waals surface area contributed by atoms with Crippen LogP contribution in [0.4, 0.5) is 4.39 Å². The molecule has 0 aliphatic carbocycles. The number of amides is 1. The first-order chi connectivity index (χ1) is 13.7. The van der Waals surface area contributed by atoms with Gasteiger partial charge in [-0.25, -0.2) is 9.37 Å². The van der Waals surface area contributed by atoms with E-state index in [9.17, 15) is 14.0 Å². The second-order valence-corrected chi connectivity index (χ2v) is 8.20. The van der Waals surface area contributed by atoms with Gasteiger partial charge in [0.25, 0.3) is 0 Å². The first kappa shape index (κ1) is 21.2. The molecule has 1 atom stereocenters. The van der Waals surface area contributed by atoms with E-state index in [1.165, 1.54) is 20.9 Å². The van der Waals surface area contributed by atoms with Crippen molar-refractivity contribution in [1.29, 1.82) is 0 Å². The zero-order chi connectivity index (χ0) is 21.2. The lowest BCUT2D eigenvalue weighted by atomic mass is 9.86. The molecule has 0 spiro atoms. The van der Waals surface area contributed by atoms with Gasteiger partial charge in [0.05, 0.1) is 11.6 Å². The molecule has 156 valence electrons. The van der Waals surface area contributed by atoms with Gasteiger partial charge in [-0.2, -0.15) is 0 Å². The minimum Gasteiger partial charge on any atom is -0.359 e. The van der Waals surface area contributed by atoms with Crippen molar-refractivity contribution >= 4 is 11.7 Å². The van der Waals surface area contributed by atoms with Crippen LogP contribution in [0.25, 0.3) is 11.4 Å². The Bertz CT molecular complexity index is 886.